The van der Waals surface area contributed by atoms with Gasteiger partial charge < -0.3 is 10.1 Å². The van der Waals surface area contributed by atoms with E-state index in [4.69, 9.17) is 4.74 Å². The quantitative estimate of drug-likeness (QED) is 0.861. The fourth-order valence-electron chi connectivity index (χ4n) is 1.89. The predicted molar refractivity (Wildman–Crippen MR) is 76.5 cm³/mol. The number of rotatable bonds is 4. The second-order valence-electron chi connectivity index (χ2n) is 4.35. The SMILES string of the molecule is CCOC(=O)c1ccc(NC(=O)C2CCSC2)cc1. The number of nitrogens with one attached hydrogen (secondary N) is 1. The first-order valence-electron chi connectivity index (χ1n) is 6.36. The molecule has 0 spiro atoms. The van der Waals surface area contributed by atoms with Gasteiger partial charge in [-0.1, -0.05) is 0 Å². The van der Waals surface area contributed by atoms with Crippen molar-refractivity contribution in [1.29, 1.82) is 0 Å². The van der Waals surface area contributed by atoms with E-state index in [0.717, 1.165) is 23.6 Å². The number of benzene rings is 1. The second kappa shape index (κ2) is 6.61. The van der Waals surface area contributed by atoms with Crippen LogP contribution in [0, 0.1) is 5.92 Å². The first kappa shape index (κ1) is 13.9. The zero-order valence-electron chi connectivity index (χ0n) is 10.8. The first-order valence-corrected chi connectivity index (χ1v) is 7.52. The number of hydrogen-bond acceptors (Lipinski definition) is 4. The van der Waals surface area contributed by atoms with Gasteiger partial charge in [-0.25, -0.2) is 4.79 Å². The third kappa shape index (κ3) is 3.73. The van der Waals surface area contributed by atoms with E-state index < -0.39 is 0 Å². The van der Waals surface area contributed by atoms with Crippen LogP contribution in [0.3, 0.4) is 0 Å². The molecule has 2 rings (SSSR count). The third-order valence-electron chi connectivity index (χ3n) is 2.96. The van der Waals surface area contributed by atoms with E-state index in [-0.39, 0.29) is 17.8 Å². The van der Waals surface area contributed by atoms with Crippen LogP contribution in [0.25, 0.3) is 0 Å². The monoisotopic (exact) mass is 279 g/mol. The highest BCUT2D eigenvalue weighted by Crippen LogP contribution is 2.24. The summed E-state index contributed by atoms with van der Waals surface area (Å²) in [6, 6.07) is 6.78. The number of carbonyl (C=O) groups excluding carboxylic acids is 2. The molecule has 1 aromatic carbocycles. The summed E-state index contributed by atoms with van der Waals surface area (Å²) < 4.78 is 4.90. The van der Waals surface area contributed by atoms with E-state index in [9.17, 15) is 9.59 Å². The number of anilines is 1. The van der Waals surface area contributed by atoms with E-state index in [1.807, 2.05) is 11.8 Å². The van der Waals surface area contributed by atoms with Crippen molar-refractivity contribution in [3.63, 3.8) is 0 Å². The zero-order chi connectivity index (χ0) is 13.7. The Morgan fingerprint density at radius 1 is 1.37 bits per heavy atom. The standard InChI is InChI=1S/C14H17NO3S/c1-2-18-14(17)10-3-5-12(6-4-10)15-13(16)11-7-8-19-9-11/h3-6,11H,2,7-9H2,1H3,(H,15,16). The number of carbonyl (C=O) groups is 2. The van der Waals surface area contributed by atoms with Gasteiger partial charge in [0, 0.05) is 17.4 Å². The van der Waals surface area contributed by atoms with E-state index in [1.165, 1.54) is 0 Å². The number of amides is 1. The Morgan fingerprint density at radius 2 is 2.11 bits per heavy atom. The molecule has 1 amide bonds. The molecule has 1 aromatic rings. The highest BCUT2D eigenvalue weighted by Gasteiger charge is 2.23. The number of hydrogen-bond donors (Lipinski definition) is 1. The Hall–Kier alpha value is -1.49. The van der Waals surface area contributed by atoms with Crippen LogP contribution in [-0.2, 0) is 9.53 Å². The molecule has 1 fully saturated rings. The van der Waals surface area contributed by atoms with Gasteiger partial charge >= 0.3 is 5.97 Å². The Morgan fingerprint density at radius 3 is 2.68 bits per heavy atom. The largest absolute Gasteiger partial charge is 0.462 e. The van der Waals surface area contributed by atoms with Crippen LogP contribution in [0.1, 0.15) is 23.7 Å². The summed E-state index contributed by atoms with van der Waals surface area (Å²) in [7, 11) is 0. The van der Waals surface area contributed by atoms with Gasteiger partial charge in [0.2, 0.25) is 5.91 Å². The minimum atomic E-state index is -0.340. The predicted octanol–water partition coefficient (Wildman–Crippen LogP) is 2.55. The summed E-state index contributed by atoms with van der Waals surface area (Å²) >= 11 is 1.81. The van der Waals surface area contributed by atoms with Crippen LogP contribution in [0.5, 0.6) is 0 Å². The molecule has 4 nitrogen and oxygen atoms in total. The average molecular weight is 279 g/mol. The average Bonchev–Trinajstić information content (AvgIpc) is 2.94. The van der Waals surface area contributed by atoms with E-state index >= 15 is 0 Å². The van der Waals surface area contributed by atoms with Gasteiger partial charge in [0.05, 0.1) is 12.2 Å². The molecule has 1 aliphatic heterocycles. The summed E-state index contributed by atoms with van der Waals surface area (Å²) in [6.45, 7) is 2.13. The topological polar surface area (TPSA) is 55.4 Å². The fourth-order valence-corrected chi connectivity index (χ4v) is 3.11. The highest BCUT2D eigenvalue weighted by atomic mass is 32.2. The van der Waals surface area contributed by atoms with Crippen LogP contribution >= 0.6 is 11.8 Å². The fraction of sp³-hybridized carbons (Fsp3) is 0.429. The third-order valence-corrected chi connectivity index (χ3v) is 4.13. The van der Waals surface area contributed by atoms with Crippen molar-refractivity contribution in [3.05, 3.63) is 29.8 Å². The van der Waals surface area contributed by atoms with Crippen LogP contribution in [0.15, 0.2) is 24.3 Å². The Kier molecular flexibility index (Phi) is 4.85. The van der Waals surface area contributed by atoms with Crippen molar-refractivity contribution >= 4 is 29.3 Å². The maximum absolute atomic E-state index is 11.9. The number of ether oxygens (including phenoxy) is 1. The van der Waals surface area contributed by atoms with E-state index in [0.29, 0.717) is 12.2 Å². The molecule has 0 radical (unpaired) electrons. The molecule has 102 valence electrons. The van der Waals surface area contributed by atoms with Crippen molar-refractivity contribution in [3.8, 4) is 0 Å². The molecule has 0 saturated carbocycles. The van der Waals surface area contributed by atoms with Gasteiger partial charge in [-0.15, -0.1) is 0 Å². The molecule has 0 bridgehead atoms. The lowest BCUT2D eigenvalue weighted by molar-refractivity contribution is -0.119. The Labute approximate surface area is 116 Å². The normalized spacial score (nSPS) is 18.1. The van der Waals surface area contributed by atoms with Crippen LogP contribution < -0.4 is 5.32 Å². The van der Waals surface area contributed by atoms with Gasteiger partial charge in [-0.05, 0) is 43.4 Å². The van der Waals surface area contributed by atoms with Crippen molar-refractivity contribution in [1.82, 2.24) is 0 Å². The molecule has 1 aliphatic rings. The Balaban J connectivity index is 1.94. The zero-order valence-corrected chi connectivity index (χ0v) is 11.7. The summed E-state index contributed by atoms with van der Waals surface area (Å²) in [5.74, 6) is 1.78. The molecule has 0 aromatic heterocycles. The Bertz CT molecular complexity index is 452. The molecule has 19 heavy (non-hydrogen) atoms. The smallest absolute Gasteiger partial charge is 0.338 e. The molecule has 1 heterocycles. The summed E-state index contributed by atoms with van der Waals surface area (Å²) in [4.78, 5) is 23.4. The van der Waals surface area contributed by atoms with E-state index in [1.54, 1.807) is 31.2 Å². The van der Waals surface area contributed by atoms with Crippen LogP contribution in [0.4, 0.5) is 5.69 Å². The van der Waals surface area contributed by atoms with Crippen molar-refractivity contribution in [2.45, 2.75) is 13.3 Å². The summed E-state index contributed by atoms with van der Waals surface area (Å²) in [6.07, 6.45) is 0.942. The lowest BCUT2D eigenvalue weighted by Crippen LogP contribution is -2.22. The molecule has 5 heteroatoms. The second-order valence-corrected chi connectivity index (χ2v) is 5.50. The summed E-state index contributed by atoms with van der Waals surface area (Å²) in [5.41, 5.74) is 1.21. The molecule has 1 saturated heterocycles. The van der Waals surface area contributed by atoms with Crippen LogP contribution in [-0.4, -0.2) is 30.0 Å². The lowest BCUT2D eigenvalue weighted by Gasteiger charge is -2.10. The maximum atomic E-state index is 11.9. The minimum absolute atomic E-state index is 0.0638. The van der Waals surface area contributed by atoms with Gasteiger partial charge in [0.15, 0.2) is 0 Å². The molecule has 0 aliphatic carbocycles. The van der Waals surface area contributed by atoms with Crippen molar-refractivity contribution in [2.24, 2.45) is 5.92 Å². The lowest BCUT2D eigenvalue weighted by atomic mass is 10.1. The first-order chi connectivity index (χ1) is 9.20. The summed E-state index contributed by atoms with van der Waals surface area (Å²) in [5, 5.41) is 2.88. The number of esters is 1. The molecule has 1 N–H and O–H groups in total. The van der Waals surface area contributed by atoms with E-state index in [2.05, 4.69) is 5.32 Å². The molecule has 1 atom stereocenters. The molecular weight excluding hydrogens is 262 g/mol. The highest BCUT2D eigenvalue weighted by molar-refractivity contribution is 7.99. The van der Waals surface area contributed by atoms with Gasteiger partial charge in [0.1, 0.15) is 0 Å². The van der Waals surface area contributed by atoms with Crippen LogP contribution in [0.2, 0.25) is 0 Å². The number of thioether (sulfide) groups is 1. The van der Waals surface area contributed by atoms with Gasteiger partial charge in [-0.2, -0.15) is 11.8 Å². The molecular formula is C14H17NO3S. The minimum Gasteiger partial charge on any atom is -0.462 e. The van der Waals surface area contributed by atoms with Gasteiger partial charge in [-0.3, -0.25) is 4.79 Å². The van der Waals surface area contributed by atoms with Crippen molar-refractivity contribution < 1.29 is 14.3 Å². The molecule has 1 unspecified atom stereocenters. The maximum Gasteiger partial charge on any atom is 0.338 e. The van der Waals surface area contributed by atoms with Gasteiger partial charge in [0.25, 0.3) is 0 Å². The van der Waals surface area contributed by atoms with Crippen molar-refractivity contribution in [2.75, 3.05) is 23.4 Å².